The van der Waals surface area contributed by atoms with Crippen LogP contribution in [0.4, 0.5) is 4.39 Å². The molecular formula is C21H17FN4O3. The summed E-state index contributed by atoms with van der Waals surface area (Å²) >= 11 is 0. The summed E-state index contributed by atoms with van der Waals surface area (Å²) in [6, 6.07) is 19.2. The minimum atomic E-state index is -1.39. The molecule has 2 aromatic heterocycles. The number of hydrogen-bond donors (Lipinski definition) is 0. The normalized spacial score (nSPS) is 11.9. The van der Waals surface area contributed by atoms with Gasteiger partial charge >= 0.3 is 0 Å². The van der Waals surface area contributed by atoms with Gasteiger partial charge in [0.2, 0.25) is 18.1 Å². The molecular weight excluding hydrogens is 375 g/mol. The number of benzene rings is 2. The van der Waals surface area contributed by atoms with Crippen molar-refractivity contribution in [3.05, 3.63) is 83.0 Å². The molecule has 2 aromatic carbocycles. The zero-order chi connectivity index (χ0) is 20.2. The third-order valence-electron chi connectivity index (χ3n) is 4.09. The molecule has 0 N–H and O–H groups in total. The summed E-state index contributed by atoms with van der Waals surface area (Å²) in [7, 11) is 0. The van der Waals surface area contributed by atoms with Crippen LogP contribution in [0.5, 0.6) is 5.75 Å². The molecule has 0 saturated heterocycles. The lowest BCUT2D eigenvalue weighted by atomic mass is 10.1. The van der Waals surface area contributed by atoms with E-state index in [-0.39, 0.29) is 18.0 Å². The Labute approximate surface area is 165 Å². The van der Waals surface area contributed by atoms with Gasteiger partial charge in [0.1, 0.15) is 12.3 Å². The zero-order valence-corrected chi connectivity index (χ0v) is 15.5. The van der Waals surface area contributed by atoms with Crippen molar-refractivity contribution in [2.24, 2.45) is 0 Å². The average molecular weight is 392 g/mol. The van der Waals surface area contributed by atoms with Crippen LogP contribution in [0.1, 0.15) is 12.8 Å². The highest BCUT2D eigenvalue weighted by Crippen LogP contribution is 2.21. The van der Waals surface area contributed by atoms with Gasteiger partial charge in [-0.1, -0.05) is 18.2 Å². The number of aromatic nitrogens is 4. The standard InChI is InChI=1S/C21H17FN4O3/c1-14(22)28-17-9-7-15(8-10-17)18-11-12-20(27)26(25-18)13-19-23-24-21(29-19)16-5-3-2-4-6-16/h2-12,14H,13H2,1H3. The quantitative estimate of drug-likeness (QED) is 0.498. The molecule has 2 heterocycles. The van der Waals surface area contributed by atoms with Crippen LogP contribution in [0.2, 0.25) is 0 Å². The molecule has 0 spiro atoms. The third-order valence-corrected chi connectivity index (χ3v) is 4.09. The van der Waals surface area contributed by atoms with E-state index in [1.165, 1.54) is 17.7 Å². The van der Waals surface area contributed by atoms with Crippen LogP contribution < -0.4 is 10.3 Å². The highest BCUT2D eigenvalue weighted by atomic mass is 19.1. The highest BCUT2D eigenvalue weighted by Gasteiger charge is 2.11. The Morgan fingerprint density at radius 2 is 1.76 bits per heavy atom. The maximum Gasteiger partial charge on any atom is 0.267 e. The van der Waals surface area contributed by atoms with Gasteiger partial charge < -0.3 is 9.15 Å². The largest absolute Gasteiger partial charge is 0.461 e. The van der Waals surface area contributed by atoms with Crippen LogP contribution in [-0.2, 0) is 6.54 Å². The van der Waals surface area contributed by atoms with Gasteiger partial charge in [-0.05, 0) is 42.5 Å². The lowest BCUT2D eigenvalue weighted by Crippen LogP contribution is -2.23. The Kier molecular flexibility index (Phi) is 5.15. The second-order valence-corrected chi connectivity index (χ2v) is 6.27. The number of nitrogens with zero attached hydrogens (tertiary/aromatic N) is 4. The highest BCUT2D eigenvalue weighted by molar-refractivity contribution is 5.59. The van der Waals surface area contributed by atoms with E-state index < -0.39 is 6.36 Å². The van der Waals surface area contributed by atoms with E-state index in [1.54, 1.807) is 30.3 Å². The number of rotatable bonds is 6. The van der Waals surface area contributed by atoms with E-state index in [4.69, 9.17) is 9.15 Å². The maximum absolute atomic E-state index is 12.9. The van der Waals surface area contributed by atoms with Crippen molar-refractivity contribution in [3.63, 3.8) is 0 Å². The number of hydrogen-bond acceptors (Lipinski definition) is 6. The van der Waals surface area contributed by atoms with Crippen LogP contribution in [0, 0.1) is 0 Å². The zero-order valence-electron chi connectivity index (χ0n) is 15.5. The van der Waals surface area contributed by atoms with Crippen molar-refractivity contribution in [1.29, 1.82) is 0 Å². The SMILES string of the molecule is CC(F)Oc1ccc(-c2ccc(=O)n(Cc3nnc(-c4ccccc4)o3)n2)cc1. The summed E-state index contributed by atoms with van der Waals surface area (Å²) in [5.74, 6) is 1.06. The molecule has 4 rings (SSSR count). The first kappa shape index (κ1) is 18.5. The molecule has 0 fully saturated rings. The van der Waals surface area contributed by atoms with E-state index in [9.17, 15) is 9.18 Å². The van der Waals surface area contributed by atoms with E-state index in [0.29, 0.717) is 17.3 Å². The van der Waals surface area contributed by atoms with Crippen molar-refractivity contribution in [3.8, 4) is 28.5 Å². The fourth-order valence-electron chi connectivity index (χ4n) is 2.75. The average Bonchev–Trinajstić information content (AvgIpc) is 3.19. The molecule has 4 aromatic rings. The molecule has 1 unspecified atom stereocenters. The fourth-order valence-corrected chi connectivity index (χ4v) is 2.75. The van der Waals surface area contributed by atoms with Crippen LogP contribution >= 0.6 is 0 Å². The third kappa shape index (κ3) is 4.37. The first-order valence-corrected chi connectivity index (χ1v) is 8.95. The molecule has 1 atom stereocenters. The maximum atomic E-state index is 12.9. The summed E-state index contributed by atoms with van der Waals surface area (Å²) in [5.41, 5.74) is 1.84. The van der Waals surface area contributed by atoms with Gasteiger partial charge in [-0.15, -0.1) is 10.2 Å². The molecule has 0 bridgehead atoms. The Morgan fingerprint density at radius 3 is 2.48 bits per heavy atom. The van der Waals surface area contributed by atoms with E-state index >= 15 is 0 Å². The Hall–Kier alpha value is -3.81. The number of ether oxygens (including phenoxy) is 1. The van der Waals surface area contributed by atoms with Gasteiger partial charge in [-0.3, -0.25) is 4.79 Å². The molecule has 146 valence electrons. The monoisotopic (exact) mass is 392 g/mol. The van der Waals surface area contributed by atoms with Gasteiger partial charge in [-0.25, -0.2) is 9.07 Å². The Bertz CT molecular complexity index is 1150. The summed E-state index contributed by atoms with van der Waals surface area (Å²) in [5, 5.41) is 12.4. The van der Waals surface area contributed by atoms with Gasteiger partial charge in [0.15, 0.2) is 0 Å². The Balaban J connectivity index is 1.56. The molecule has 0 amide bonds. The smallest absolute Gasteiger partial charge is 0.267 e. The Morgan fingerprint density at radius 1 is 1.00 bits per heavy atom. The van der Waals surface area contributed by atoms with Crippen molar-refractivity contribution in [1.82, 2.24) is 20.0 Å². The van der Waals surface area contributed by atoms with Crippen LogP contribution in [0.25, 0.3) is 22.7 Å². The van der Waals surface area contributed by atoms with Crippen LogP contribution in [0.15, 0.2) is 75.9 Å². The molecule has 0 aliphatic rings. The van der Waals surface area contributed by atoms with Crippen LogP contribution in [-0.4, -0.2) is 26.3 Å². The molecule has 29 heavy (non-hydrogen) atoms. The van der Waals surface area contributed by atoms with E-state index in [2.05, 4.69) is 15.3 Å². The first-order chi connectivity index (χ1) is 14.1. The summed E-state index contributed by atoms with van der Waals surface area (Å²) in [4.78, 5) is 12.2. The van der Waals surface area contributed by atoms with Crippen molar-refractivity contribution >= 4 is 0 Å². The summed E-state index contributed by atoms with van der Waals surface area (Å²) in [6.45, 7) is 1.36. The predicted octanol–water partition coefficient (Wildman–Crippen LogP) is 3.70. The second-order valence-electron chi connectivity index (χ2n) is 6.27. The number of halogens is 1. The van der Waals surface area contributed by atoms with E-state index in [0.717, 1.165) is 11.1 Å². The van der Waals surface area contributed by atoms with Crippen molar-refractivity contribution in [2.75, 3.05) is 0 Å². The molecule has 7 nitrogen and oxygen atoms in total. The van der Waals surface area contributed by atoms with Gasteiger partial charge in [-0.2, -0.15) is 5.10 Å². The van der Waals surface area contributed by atoms with Gasteiger partial charge in [0, 0.05) is 24.1 Å². The molecule has 0 saturated carbocycles. The van der Waals surface area contributed by atoms with E-state index in [1.807, 2.05) is 30.3 Å². The topological polar surface area (TPSA) is 83.0 Å². The van der Waals surface area contributed by atoms with Crippen molar-refractivity contribution in [2.45, 2.75) is 19.8 Å². The number of alkyl halides is 1. The van der Waals surface area contributed by atoms with Crippen molar-refractivity contribution < 1.29 is 13.5 Å². The second kappa shape index (κ2) is 8.05. The molecule has 0 aliphatic heterocycles. The summed E-state index contributed by atoms with van der Waals surface area (Å²) in [6.07, 6.45) is -1.39. The minimum Gasteiger partial charge on any atom is -0.461 e. The summed E-state index contributed by atoms with van der Waals surface area (Å²) < 4.78 is 24.8. The molecule has 0 radical (unpaired) electrons. The van der Waals surface area contributed by atoms with Crippen LogP contribution in [0.3, 0.4) is 0 Å². The molecule has 0 aliphatic carbocycles. The molecule has 8 heteroatoms. The fraction of sp³-hybridized carbons (Fsp3) is 0.143. The predicted molar refractivity (Wildman–Crippen MR) is 104 cm³/mol. The lowest BCUT2D eigenvalue weighted by Gasteiger charge is -2.08. The lowest BCUT2D eigenvalue weighted by molar-refractivity contribution is 0.0861. The van der Waals surface area contributed by atoms with Gasteiger partial charge in [0.05, 0.1) is 5.69 Å². The van der Waals surface area contributed by atoms with Gasteiger partial charge in [0.25, 0.3) is 5.56 Å². The minimum absolute atomic E-state index is 0.0487. The first-order valence-electron chi connectivity index (χ1n) is 8.95.